The van der Waals surface area contributed by atoms with Gasteiger partial charge in [0.05, 0.1) is 3.57 Å². The number of halogens is 1. The molecule has 0 fully saturated rings. The second-order valence-corrected chi connectivity index (χ2v) is 4.10. The van der Waals surface area contributed by atoms with Crippen LogP contribution in [0.25, 0.3) is 0 Å². The van der Waals surface area contributed by atoms with Crippen LogP contribution in [0.2, 0.25) is 0 Å². The maximum absolute atomic E-state index is 10.5. The molecule has 0 radical (unpaired) electrons. The minimum atomic E-state index is -1.04. The van der Waals surface area contributed by atoms with E-state index < -0.39 is 12.0 Å². The van der Waals surface area contributed by atoms with Gasteiger partial charge in [0, 0.05) is 0 Å². The molecule has 1 atom stereocenters. The highest BCUT2D eigenvalue weighted by atomic mass is 125. The molecule has 4 nitrogen and oxygen atoms in total. The largest absolute Gasteiger partial charge is 0.507 e. The number of hydrogen-bond donors (Lipinski definition) is 3. The van der Waals surface area contributed by atoms with Gasteiger partial charge >= 0.3 is 5.97 Å². The van der Waals surface area contributed by atoms with Crippen LogP contribution in [0.4, 0.5) is 0 Å². The molecule has 14 heavy (non-hydrogen) atoms. The Morgan fingerprint density at radius 3 is 2.71 bits per heavy atom. The van der Waals surface area contributed by atoms with E-state index >= 15 is 0 Å². The number of aliphatic carboxylic acids is 1. The number of phenolic OH excluding ortho intramolecular Hbond substituents is 1. The van der Waals surface area contributed by atoms with Crippen molar-refractivity contribution in [1.82, 2.24) is 0 Å². The number of benzene rings is 1. The zero-order valence-corrected chi connectivity index (χ0v) is 9.43. The number of hydrogen-bond acceptors (Lipinski definition) is 3. The summed E-state index contributed by atoms with van der Waals surface area (Å²) in [6.45, 7) is 0. The molecule has 0 aliphatic carbocycles. The average Bonchev–Trinajstić information content (AvgIpc) is 2.11. The number of carboxylic acid groups (broad SMARTS) is 1. The lowest BCUT2D eigenvalue weighted by Gasteiger charge is -2.07. The Balaban J connectivity index is 2.78. The molecule has 0 saturated carbocycles. The SMILES string of the molecule is N[C@H](Cc1ccc([125I])c(O)c1)C(=O)O. The summed E-state index contributed by atoms with van der Waals surface area (Å²) in [4.78, 5) is 10.5. The maximum Gasteiger partial charge on any atom is 0.320 e. The number of rotatable bonds is 3. The van der Waals surface area contributed by atoms with Crippen molar-refractivity contribution in [3.63, 3.8) is 0 Å². The fourth-order valence-electron chi connectivity index (χ4n) is 1.03. The van der Waals surface area contributed by atoms with Crippen molar-refractivity contribution in [2.24, 2.45) is 5.73 Å². The van der Waals surface area contributed by atoms with Gasteiger partial charge in [-0.05, 0) is 46.7 Å². The van der Waals surface area contributed by atoms with Crippen LogP contribution in [0.3, 0.4) is 0 Å². The molecule has 4 N–H and O–H groups in total. The smallest absolute Gasteiger partial charge is 0.320 e. The van der Waals surface area contributed by atoms with Crippen LogP contribution in [0.1, 0.15) is 5.56 Å². The third-order valence-electron chi connectivity index (χ3n) is 1.78. The number of carboxylic acids is 1. The van der Waals surface area contributed by atoms with Crippen molar-refractivity contribution in [1.29, 1.82) is 0 Å². The molecule has 0 amide bonds. The molecule has 0 aliphatic heterocycles. The Labute approximate surface area is 94.9 Å². The van der Waals surface area contributed by atoms with Crippen molar-refractivity contribution >= 4 is 28.6 Å². The summed E-state index contributed by atoms with van der Waals surface area (Å²) in [6, 6.07) is 4.09. The topological polar surface area (TPSA) is 83.5 Å². The average molecular weight is 305 g/mol. The summed E-state index contributed by atoms with van der Waals surface area (Å²) >= 11 is 1.99. The van der Waals surface area contributed by atoms with Crippen LogP contribution in [0, 0.1) is 3.57 Å². The molecular weight excluding hydrogens is 295 g/mol. The third kappa shape index (κ3) is 2.85. The van der Waals surface area contributed by atoms with Crippen molar-refractivity contribution in [2.75, 3.05) is 0 Å². The van der Waals surface area contributed by atoms with Gasteiger partial charge in [-0.1, -0.05) is 6.07 Å². The second-order valence-electron chi connectivity index (χ2n) is 2.93. The third-order valence-corrected chi connectivity index (χ3v) is 2.70. The van der Waals surface area contributed by atoms with Crippen molar-refractivity contribution in [3.8, 4) is 5.75 Å². The van der Waals surface area contributed by atoms with Crippen molar-refractivity contribution in [3.05, 3.63) is 27.3 Å². The van der Waals surface area contributed by atoms with Crippen LogP contribution in [-0.2, 0) is 11.2 Å². The number of aromatic hydroxyl groups is 1. The van der Waals surface area contributed by atoms with E-state index in [2.05, 4.69) is 0 Å². The highest BCUT2D eigenvalue weighted by Gasteiger charge is 2.12. The van der Waals surface area contributed by atoms with E-state index in [0.29, 0.717) is 0 Å². The molecule has 0 heterocycles. The van der Waals surface area contributed by atoms with Gasteiger partial charge in [-0.25, -0.2) is 0 Å². The first kappa shape index (κ1) is 11.3. The lowest BCUT2D eigenvalue weighted by molar-refractivity contribution is -0.138. The van der Waals surface area contributed by atoms with Crippen LogP contribution in [0.5, 0.6) is 5.75 Å². The molecular formula is C9H10INO3. The van der Waals surface area contributed by atoms with Crippen LogP contribution < -0.4 is 5.73 Å². The zero-order valence-electron chi connectivity index (χ0n) is 7.27. The van der Waals surface area contributed by atoms with Crippen LogP contribution in [0.15, 0.2) is 18.2 Å². The van der Waals surface area contributed by atoms with E-state index in [-0.39, 0.29) is 12.2 Å². The van der Waals surface area contributed by atoms with Gasteiger partial charge in [0.2, 0.25) is 0 Å². The highest BCUT2D eigenvalue weighted by Crippen LogP contribution is 2.20. The minimum absolute atomic E-state index is 0.153. The Hall–Kier alpha value is -0.820. The van der Waals surface area contributed by atoms with Gasteiger partial charge in [-0.15, -0.1) is 0 Å². The van der Waals surface area contributed by atoms with E-state index in [9.17, 15) is 9.90 Å². The summed E-state index contributed by atoms with van der Waals surface area (Å²) in [7, 11) is 0. The van der Waals surface area contributed by atoms with E-state index in [4.69, 9.17) is 10.8 Å². The summed E-state index contributed by atoms with van der Waals surface area (Å²) in [5.41, 5.74) is 6.07. The molecule has 0 aliphatic rings. The van der Waals surface area contributed by atoms with E-state index in [1.54, 1.807) is 12.1 Å². The Morgan fingerprint density at radius 2 is 2.21 bits per heavy atom. The Bertz CT molecular complexity index is 354. The Kier molecular flexibility index (Phi) is 3.70. The van der Waals surface area contributed by atoms with Crippen LogP contribution in [-0.4, -0.2) is 22.2 Å². The lowest BCUT2D eigenvalue weighted by Crippen LogP contribution is -2.32. The molecule has 0 saturated heterocycles. The fourth-order valence-corrected chi connectivity index (χ4v) is 1.36. The van der Waals surface area contributed by atoms with Gasteiger partial charge in [0.1, 0.15) is 11.8 Å². The molecule has 1 rings (SSSR count). The summed E-state index contributed by atoms with van der Waals surface area (Å²) in [6.07, 6.45) is 0.222. The second kappa shape index (κ2) is 4.61. The molecule has 0 bridgehead atoms. The monoisotopic (exact) mass is 305 g/mol. The molecule has 0 unspecified atom stereocenters. The molecule has 76 valence electrons. The zero-order chi connectivity index (χ0) is 10.7. The predicted octanol–water partition coefficient (Wildman–Crippen LogP) is 0.951. The first-order chi connectivity index (χ1) is 6.50. The molecule has 1 aromatic rings. The van der Waals surface area contributed by atoms with E-state index in [0.717, 1.165) is 9.13 Å². The van der Waals surface area contributed by atoms with Gasteiger partial charge in [-0.2, -0.15) is 0 Å². The molecule has 0 aromatic heterocycles. The fraction of sp³-hybridized carbons (Fsp3) is 0.222. The highest BCUT2D eigenvalue weighted by molar-refractivity contribution is 14.1. The molecule has 0 spiro atoms. The van der Waals surface area contributed by atoms with Crippen molar-refractivity contribution in [2.45, 2.75) is 12.5 Å². The van der Waals surface area contributed by atoms with E-state index in [1.165, 1.54) is 6.07 Å². The first-order valence-electron chi connectivity index (χ1n) is 3.96. The quantitative estimate of drug-likeness (QED) is 0.726. The van der Waals surface area contributed by atoms with Gasteiger partial charge in [-0.3, -0.25) is 4.79 Å². The normalized spacial score (nSPS) is 12.4. The van der Waals surface area contributed by atoms with Gasteiger partial charge in [0.25, 0.3) is 0 Å². The van der Waals surface area contributed by atoms with Crippen molar-refractivity contribution < 1.29 is 15.0 Å². The molecule has 5 heteroatoms. The number of nitrogens with two attached hydrogens (primary N) is 1. The van der Waals surface area contributed by atoms with E-state index in [1.807, 2.05) is 22.6 Å². The summed E-state index contributed by atoms with van der Waals surface area (Å²) in [5, 5.41) is 17.9. The summed E-state index contributed by atoms with van der Waals surface area (Å²) in [5.74, 6) is -0.885. The Morgan fingerprint density at radius 1 is 1.57 bits per heavy atom. The predicted molar refractivity (Wildman–Crippen MR) is 60.1 cm³/mol. The standard InChI is InChI=1S/C9H10INO3/c10-6-2-1-5(4-8(6)12)3-7(11)9(13)14/h1-2,4,7,12H,3,11H2,(H,13,14)/t7-/m1/s1/i10-2. The van der Waals surface area contributed by atoms with Gasteiger partial charge in [0.15, 0.2) is 0 Å². The summed E-state index contributed by atoms with van der Waals surface area (Å²) < 4.78 is 0.732. The number of carbonyl (C=O) groups is 1. The van der Waals surface area contributed by atoms with Gasteiger partial charge < -0.3 is 15.9 Å². The minimum Gasteiger partial charge on any atom is -0.507 e. The van der Waals surface area contributed by atoms with Crippen LogP contribution >= 0.6 is 22.6 Å². The number of phenols is 1. The maximum atomic E-state index is 10.5. The lowest BCUT2D eigenvalue weighted by atomic mass is 10.1. The molecule has 1 aromatic carbocycles. The first-order valence-corrected chi connectivity index (χ1v) is 5.04.